The van der Waals surface area contributed by atoms with E-state index in [0.717, 1.165) is 16.4 Å². The third-order valence-electron chi connectivity index (χ3n) is 3.35. The van der Waals surface area contributed by atoms with E-state index >= 15 is 0 Å². The van der Waals surface area contributed by atoms with E-state index in [0.29, 0.717) is 5.56 Å². The summed E-state index contributed by atoms with van der Waals surface area (Å²) in [5.41, 5.74) is 7.33. The Morgan fingerprint density at radius 3 is 2.55 bits per heavy atom. The fourth-order valence-corrected chi connectivity index (χ4v) is 2.07. The number of rotatable bonds is 4. The van der Waals surface area contributed by atoms with Crippen LogP contribution in [0.2, 0.25) is 5.02 Å². The standard InChI is InChI=1S/C15H17ClN4/c1-10(11-3-5-13(16)6-4-11)20(2)14-9-12(15(17)18)7-8-19-14/h3-10H,1-2H3,(H3,17,18). The normalized spacial score (nSPS) is 11.9. The Kier molecular flexibility index (Phi) is 4.25. The molecule has 0 aliphatic heterocycles. The van der Waals surface area contributed by atoms with Crippen molar-refractivity contribution in [2.24, 2.45) is 5.73 Å². The highest BCUT2D eigenvalue weighted by atomic mass is 35.5. The minimum Gasteiger partial charge on any atom is -0.384 e. The SMILES string of the molecule is CC(c1ccc(Cl)cc1)N(C)c1cc(C(=N)N)ccn1. The largest absolute Gasteiger partial charge is 0.384 e. The van der Waals surface area contributed by atoms with Crippen molar-refractivity contribution < 1.29 is 0 Å². The molecule has 1 atom stereocenters. The van der Waals surface area contributed by atoms with Crippen LogP contribution < -0.4 is 10.6 Å². The summed E-state index contributed by atoms with van der Waals surface area (Å²) in [4.78, 5) is 6.37. The molecule has 1 aromatic heterocycles. The van der Waals surface area contributed by atoms with Gasteiger partial charge >= 0.3 is 0 Å². The first-order valence-electron chi connectivity index (χ1n) is 6.28. The maximum Gasteiger partial charge on any atom is 0.129 e. The van der Waals surface area contributed by atoms with Gasteiger partial charge in [0.1, 0.15) is 11.7 Å². The Balaban J connectivity index is 2.26. The molecule has 0 saturated heterocycles. The molecule has 3 N–H and O–H groups in total. The van der Waals surface area contributed by atoms with E-state index in [2.05, 4.69) is 11.9 Å². The second-order valence-electron chi connectivity index (χ2n) is 4.65. The summed E-state index contributed by atoms with van der Waals surface area (Å²) in [7, 11) is 1.96. The van der Waals surface area contributed by atoms with Crippen LogP contribution in [0.1, 0.15) is 24.1 Å². The third kappa shape index (κ3) is 3.08. The summed E-state index contributed by atoms with van der Waals surface area (Å²) in [6.45, 7) is 2.09. The molecular formula is C15H17ClN4. The Hall–Kier alpha value is -2.07. The van der Waals surface area contributed by atoms with Gasteiger partial charge in [-0.05, 0) is 36.8 Å². The average Bonchev–Trinajstić information content (AvgIpc) is 2.46. The lowest BCUT2D eigenvalue weighted by atomic mass is 10.1. The van der Waals surface area contributed by atoms with Gasteiger partial charge in [0.05, 0.1) is 6.04 Å². The highest BCUT2D eigenvalue weighted by molar-refractivity contribution is 6.30. The van der Waals surface area contributed by atoms with Gasteiger partial charge in [0.25, 0.3) is 0 Å². The third-order valence-corrected chi connectivity index (χ3v) is 3.60. The molecule has 1 unspecified atom stereocenters. The highest BCUT2D eigenvalue weighted by Gasteiger charge is 2.14. The van der Waals surface area contributed by atoms with Crippen LogP contribution in [-0.4, -0.2) is 17.9 Å². The van der Waals surface area contributed by atoms with E-state index < -0.39 is 0 Å². The zero-order valence-corrected chi connectivity index (χ0v) is 12.2. The summed E-state index contributed by atoms with van der Waals surface area (Å²) in [6, 6.07) is 11.4. The molecule has 0 bridgehead atoms. The molecule has 0 saturated carbocycles. The van der Waals surface area contributed by atoms with Gasteiger partial charge in [-0.2, -0.15) is 0 Å². The predicted octanol–water partition coefficient (Wildman–Crippen LogP) is 3.22. The summed E-state index contributed by atoms with van der Waals surface area (Å²) in [5, 5.41) is 8.21. The van der Waals surface area contributed by atoms with Crippen molar-refractivity contribution in [1.82, 2.24) is 4.98 Å². The Labute approximate surface area is 123 Å². The lowest BCUT2D eigenvalue weighted by molar-refractivity contribution is 0.729. The lowest BCUT2D eigenvalue weighted by Crippen LogP contribution is -2.23. The van der Waals surface area contributed by atoms with Gasteiger partial charge < -0.3 is 10.6 Å². The van der Waals surface area contributed by atoms with Crippen molar-refractivity contribution in [2.45, 2.75) is 13.0 Å². The fourth-order valence-electron chi connectivity index (χ4n) is 1.94. The number of nitrogen functional groups attached to an aromatic ring is 1. The van der Waals surface area contributed by atoms with Gasteiger partial charge in [0, 0.05) is 23.8 Å². The average molecular weight is 289 g/mol. The first kappa shape index (κ1) is 14.3. The molecule has 0 aliphatic rings. The Morgan fingerprint density at radius 1 is 1.30 bits per heavy atom. The summed E-state index contributed by atoms with van der Waals surface area (Å²) in [6.07, 6.45) is 1.66. The number of pyridine rings is 1. The number of hydrogen-bond acceptors (Lipinski definition) is 3. The molecule has 2 rings (SSSR count). The molecule has 0 spiro atoms. The summed E-state index contributed by atoms with van der Waals surface area (Å²) in [5.74, 6) is 0.821. The molecule has 2 aromatic rings. The van der Waals surface area contributed by atoms with Gasteiger partial charge in [-0.1, -0.05) is 23.7 Å². The number of anilines is 1. The number of aromatic nitrogens is 1. The number of nitrogens with one attached hydrogen (secondary N) is 1. The fraction of sp³-hybridized carbons (Fsp3) is 0.200. The molecule has 104 valence electrons. The first-order valence-corrected chi connectivity index (χ1v) is 6.65. The van der Waals surface area contributed by atoms with Crippen LogP contribution in [0.4, 0.5) is 5.82 Å². The number of hydrogen-bond donors (Lipinski definition) is 2. The van der Waals surface area contributed by atoms with E-state index in [4.69, 9.17) is 22.7 Å². The quantitative estimate of drug-likeness (QED) is 0.670. The predicted molar refractivity (Wildman–Crippen MR) is 83.5 cm³/mol. The lowest BCUT2D eigenvalue weighted by Gasteiger charge is -2.26. The maximum atomic E-state index is 7.48. The second-order valence-corrected chi connectivity index (χ2v) is 5.09. The van der Waals surface area contributed by atoms with Crippen LogP contribution in [-0.2, 0) is 0 Å². The Morgan fingerprint density at radius 2 is 1.95 bits per heavy atom. The molecule has 1 heterocycles. The number of amidine groups is 1. The van der Waals surface area contributed by atoms with Crippen molar-refractivity contribution in [3.63, 3.8) is 0 Å². The maximum absolute atomic E-state index is 7.48. The van der Waals surface area contributed by atoms with E-state index in [-0.39, 0.29) is 11.9 Å². The van der Waals surface area contributed by atoms with Crippen LogP contribution in [0.25, 0.3) is 0 Å². The number of nitrogens with zero attached hydrogens (tertiary/aromatic N) is 2. The van der Waals surface area contributed by atoms with Crippen LogP contribution in [0, 0.1) is 5.41 Å². The number of nitrogens with two attached hydrogens (primary N) is 1. The summed E-state index contributed by atoms with van der Waals surface area (Å²) < 4.78 is 0. The minimum absolute atomic E-state index is 0.0428. The summed E-state index contributed by atoms with van der Waals surface area (Å²) >= 11 is 5.91. The van der Waals surface area contributed by atoms with Crippen molar-refractivity contribution in [1.29, 1.82) is 5.41 Å². The van der Waals surface area contributed by atoms with Crippen LogP contribution in [0.3, 0.4) is 0 Å². The second kappa shape index (κ2) is 5.92. The molecule has 4 nitrogen and oxygen atoms in total. The van der Waals surface area contributed by atoms with E-state index in [1.54, 1.807) is 12.3 Å². The van der Waals surface area contributed by atoms with Gasteiger partial charge in [0.15, 0.2) is 0 Å². The first-order chi connectivity index (χ1) is 9.49. The van der Waals surface area contributed by atoms with Crippen molar-refractivity contribution >= 4 is 23.3 Å². The molecule has 20 heavy (non-hydrogen) atoms. The number of halogens is 1. The molecule has 0 amide bonds. The molecular weight excluding hydrogens is 272 g/mol. The van der Waals surface area contributed by atoms with Crippen LogP contribution >= 0.6 is 11.6 Å². The van der Waals surface area contributed by atoms with Crippen molar-refractivity contribution in [2.75, 3.05) is 11.9 Å². The Bertz CT molecular complexity index is 610. The number of benzene rings is 1. The van der Waals surface area contributed by atoms with Gasteiger partial charge in [-0.15, -0.1) is 0 Å². The monoisotopic (exact) mass is 288 g/mol. The molecule has 0 radical (unpaired) electrons. The van der Waals surface area contributed by atoms with E-state index in [1.807, 2.05) is 42.3 Å². The molecule has 0 fully saturated rings. The smallest absolute Gasteiger partial charge is 0.129 e. The van der Waals surface area contributed by atoms with Crippen molar-refractivity contribution in [3.05, 3.63) is 58.7 Å². The van der Waals surface area contributed by atoms with Crippen molar-refractivity contribution in [3.8, 4) is 0 Å². The zero-order chi connectivity index (χ0) is 14.7. The van der Waals surface area contributed by atoms with Crippen LogP contribution in [0.15, 0.2) is 42.6 Å². The molecule has 0 aliphatic carbocycles. The van der Waals surface area contributed by atoms with E-state index in [1.165, 1.54) is 0 Å². The van der Waals surface area contributed by atoms with Gasteiger partial charge in [0.2, 0.25) is 0 Å². The highest BCUT2D eigenvalue weighted by Crippen LogP contribution is 2.25. The van der Waals surface area contributed by atoms with Gasteiger partial charge in [-0.3, -0.25) is 5.41 Å². The minimum atomic E-state index is 0.0428. The molecule has 5 heteroatoms. The van der Waals surface area contributed by atoms with E-state index in [9.17, 15) is 0 Å². The topological polar surface area (TPSA) is 66.0 Å². The van der Waals surface area contributed by atoms with Gasteiger partial charge in [-0.25, -0.2) is 4.98 Å². The molecule has 1 aromatic carbocycles. The van der Waals surface area contributed by atoms with Crippen LogP contribution in [0.5, 0.6) is 0 Å². The zero-order valence-electron chi connectivity index (χ0n) is 11.5.